The van der Waals surface area contributed by atoms with E-state index in [0.717, 1.165) is 5.56 Å². The van der Waals surface area contributed by atoms with Crippen molar-refractivity contribution in [3.8, 4) is 11.4 Å². The van der Waals surface area contributed by atoms with Crippen molar-refractivity contribution in [1.29, 1.82) is 0 Å². The van der Waals surface area contributed by atoms with Crippen molar-refractivity contribution in [3.05, 3.63) is 64.2 Å². The highest BCUT2D eigenvalue weighted by molar-refractivity contribution is 5.93. The second-order valence-corrected chi connectivity index (χ2v) is 6.68. The number of carbonyl (C=O) groups excluding carboxylic acids is 1. The van der Waals surface area contributed by atoms with E-state index in [-0.39, 0.29) is 11.6 Å². The zero-order valence-electron chi connectivity index (χ0n) is 15.7. The van der Waals surface area contributed by atoms with Crippen LogP contribution in [0.25, 0.3) is 11.4 Å². The number of aromatic nitrogens is 4. The fourth-order valence-corrected chi connectivity index (χ4v) is 2.54. The number of nitro benzene ring substituents is 1. The van der Waals surface area contributed by atoms with Crippen LogP contribution in [0.1, 0.15) is 38.3 Å². The van der Waals surface area contributed by atoms with Crippen LogP contribution in [0.3, 0.4) is 0 Å². The van der Waals surface area contributed by atoms with Crippen molar-refractivity contribution in [2.75, 3.05) is 5.32 Å². The number of nitro groups is 1. The van der Waals surface area contributed by atoms with Crippen molar-refractivity contribution >= 4 is 17.3 Å². The molecule has 1 unspecified atom stereocenters. The molecule has 1 heterocycles. The zero-order valence-corrected chi connectivity index (χ0v) is 15.7. The number of nitrogens with zero attached hydrogens (tertiary/aromatic N) is 5. The standard InChI is InChI=1S/C19H20N6O3/c1-12(2)14-4-6-15(7-5-14)18-21-23-24(22-18)13(3)19(26)20-16-8-10-17(11-9-16)25(27)28/h4-13H,1-3H3,(H,20,26). The van der Waals surface area contributed by atoms with Gasteiger partial charge in [0.15, 0.2) is 0 Å². The smallest absolute Gasteiger partial charge is 0.269 e. The molecule has 0 aliphatic heterocycles. The van der Waals surface area contributed by atoms with Crippen LogP contribution in [-0.2, 0) is 4.79 Å². The molecule has 0 spiro atoms. The second-order valence-electron chi connectivity index (χ2n) is 6.68. The summed E-state index contributed by atoms with van der Waals surface area (Å²) in [7, 11) is 0. The highest BCUT2D eigenvalue weighted by atomic mass is 16.6. The first-order valence-electron chi connectivity index (χ1n) is 8.80. The second kappa shape index (κ2) is 7.95. The van der Waals surface area contributed by atoms with E-state index in [0.29, 0.717) is 17.4 Å². The van der Waals surface area contributed by atoms with Crippen LogP contribution in [0.2, 0.25) is 0 Å². The fourth-order valence-electron chi connectivity index (χ4n) is 2.54. The molecule has 0 aliphatic carbocycles. The summed E-state index contributed by atoms with van der Waals surface area (Å²) in [6.45, 7) is 5.89. The largest absolute Gasteiger partial charge is 0.324 e. The third-order valence-electron chi connectivity index (χ3n) is 4.34. The Kier molecular flexibility index (Phi) is 5.44. The van der Waals surface area contributed by atoms with Crippen LogP contribution in [-0.4, -0.2) is 31.0 Å². The summed E-state index contributed by atoms with van der Waals surface area (Å²) in [4.78, 5) is 23.9. The van der Waals surface area contributed by atoms with E-state index in [1.54, 1.807) is 6.92 Å². The number of non-ortho nitro benzene ring substituents is 1. The first kappa shape index (κ1) is 19.2. The Hall–Kier alpha value is -3.62. The predicted octanol–water partition coefficient (Wildman–Crippen LogP) is 3.57. The van der Waals surface area contributed by atoms with Crippen molar-refractivity contribution in [1.82, 2.24) is 20.2 Å². The number of hydrogen-bond acceptors (Lipinski definition) is 6. The molecule has 1 N–H and O–H groups in total. The van der Waals surface area contributed by atoms with Crippen LogP contribution < -0.4 is 5.32 Å². The summed E-state index contributed by atoms with van der Waals surface area (Å²) >= 11 is 0. The maximum atomic E-state index is 12.4. The van der Waals surface area contributed by atoms with Gasteiger partial charge in [0.2, 0.25) is 5.82 Å². The number of rotatable bonds is 6. The maximum Gasteiger partial charge on any atom is 0.269 e. The molecule has 0 radical (unpaired) electrons. The summed E-state index contributed by atoms with van der Waals surface area (Å²) in [5, 5.41) is 25.7. The van der Waals surface area contributed by atoms with Crippen LogP contribution in [0, 0.1) is 10.1 Å². The summed E-state index contributed by atoms with van der Waals surface area (Å²) in [6.07, 6.45) is 0. The first-order valence-corrected chi connectivity index (χ1v) is 8.80. The lowest BCUT2D eigenvalue weighted by Gasteiger charge is -2.10. The van der Waals surface area contributed by atoms with Crippen molar-refractivity contribution < 1.29 is 9.72 Å². The van der Waals surface area contributed by atoms with Crippen LogP contribution >= 0.6 is 0 Å². The van der Waals surface area contributed by atoms with E-state index in [1.807, 2.05) is 24.3 Å². The Morgan fingerprint density at radius 3 is 2.29 bits per heavy atom. The highest BCUT2D eigenvalue weighted by Gasteiger charge is 2.19. The van der Waals surface area contributed by atoms with Gasteiger partial charge in [-0.1, -0.05) is 38.1 Å². The molecule has 1 aromatic heterocycles. The van der Waals surface area contributed by atoms with Gasteiger partial charge in [0, 0.05) is 23.4 Å². The molecule has 1 amide bonds. The molecule has 3 rings (SSSR count). The molecule has 28 heavy (non-hydrogen) atoms. The molecule has 9 heteroatoms. The zero-order chi connectivity index (χ0) is 20.3. The lowest BCUT2D eigenvalue weighted by molar-refractivity contribution is -0.384. The Morgan fingerprint density at radius 1 is 1.07 bits per heavy atom. The Labute approximate surface area is 161 Å². The van der Waals surface area contributed by atoms with Gasteiger partial charge >= 0.3 is 0 Å². The third-order valence-corrected chi connectivity index (χ3v) is 4.34. The van der Waals surface area contributed by atoms with E-state index in [4.69, 9.17) is 0 Å². The van der Waals surface area contributed by atoms with E-state index in [9.17, 15) is 14.9 Å². The predicted molar refractivity (Wildman–Crippen MR) is 104 cm³/mol. The molecular weight excluding hydrogens is 360 g/mol. The van der Waals surface area contributed by atoms with Gasteiger partial charge in [0.1, 0.15) is 6.04 Å². The van der Waals surface area contributed by atoms with E-state index in [2.05, 4.69) is 34.6 Å². The van der Waals surface area contributed by atoms with Gasteiger partial charge in [-0.2, -0.15) is 4.80 Å². The van der Waals surface area contributed by atoms with Crippen molar-refractivity contribution in [2.24, 2.45) is 0 Å². The minimum Gasteiger partial charge on any atom is -0.324 e. The number of carbonyl (C=O) groups is 1. The average molecular weight is 380 g/mol. The van der Waals surface area contributed by atoms with Crippen molar-refractivity contribution in [3.63, 3.8) is 0 Å². The number of amides is 1. The first-order chi connectivity index (χ1) is 13.3. The number of anilines is 1. The summed E-state index contributed by atoms with van der Waals surface area (Å²) < 4.78 is 0. The normalized spacial score (nSPS) is 12.0. The minimum atomic E-state index is -0.702. The molecular formula is C19H20N6O3. The lowest BCUT2D eigenvalue weighted by atomic mass is 10.0. The number of nitrogens with one attached hydrogen (secondary N) is 1. The molecule has 0 saturated carbocycles. The molecule has 3 aromatic rings. The van der Waals surface area contributed by atoms with Crippen LogP contribution in [0.15, 0.2) is 48.5 Å². The van der Waals surface area contributed by atoms with E-state index < -0.39 is 11.0 Å². The third kappa shape index (κ3) is 4.20. The van der Waals surface area contributed by atoms with Gasteiger partial charge < -0.3 is 5.32 Å². The van der Waals surface area contributed by atoms with E-state index in [1.165, 1.54) is 34.6 Å². The number of tetrazole rings is 1. The van der Waals surface area contributed by atoms with Gasteiger partial charge in [-0.25, -0.2) is 0 Å². The summed E-state index contributed by atoms with van der Waals surface area (Å²) in [6, 6.07) is 12.8. The Balaban J connectivity index is 1.69. The van der Waals surface area contributed by atoms with Gasteiger partial charge in [0.05, 0.1) is 4.92 Å². The molecule has 144 valence electrons. The molecule has 0 bridgehead atoms. The van der Waals surface area contributed by atoms with E-state index >= 15 is 0 Å². The molecule has 0 aliphatic rings. The van der Waals surface area contributed by atoms with Crippen LogP contribution in [0.4, 0.5) is 11.4 Å². The summed E-state index contributed by atoms with van der Waals surface area (Å²) in [5.74, 6) is 0.513. The van der Waals surface area contributed by atoms with Gasteiger partial charge in [-0.15, -0.1) is 10.2 Å². The fraction of sp³-hybridized carbons (Fsp3) is 0.263. The number of hydrogen-bond donors (Lipinski definition) is 1. The average Bonchev–Trinajstić information content (AvgIpc) is 3.18. The molecule has 2 aromatic carbocycles. The van der Waals surface area contributed by atoms with Gasteiger partial charge in [-0.3, -0.25) is 14.9 Å². The molecule has 0 saturated heterocycles. The molecule has 0 fully saturated rings. The minimum absolute atomic E-state index is 0.0443. The van der Waals surface area contributed by atoms with Crippen LogP contribution in [0.5, 0.6) is 0 Å². The SMILES string of the molecule is CC(C)c1ccc(-c2nnn(C(C)C(=O)Nc3ccc([N+](=O)[O-])cc3)n2)cc1. The monoisotopic (exact) mass is 380 g/mol. The molecule has 1 atom stereocenters. The quantitative estimate of drug-likeness (QED) is 0.516. The Bertz CT molecular complexity index is 980. The van der Waals surface area contributed by atoms with Crippen molar-refractivity contribution in [2.45, 2.75) is 32.7 Å². The van der Waals surface area contributed by atoms with Gasteiger partial charge in [0.25, 0.3) is 11.6 Å². The molecule has 9 nitrogen and oxygen atoms in total. The highest BCUT2D eigenvalue weighted by Crippen LogP contribution is 2.20. The lowest BCUT2D eigenvalue weighted by Crippen LogP contribution is -2.25. The van der Waals surface area contributed by atoms with Gasteiger partial charge in [-0.05, 0) is 35.8 Å². The maximum absolute atomic E-state index is 12.4. The Morgan fingerprint density at radius 2 is 1.71 bits per heavy atom. The number of benzene rings is 2. The summed E-state index contributed by atoms with van der Waals surface area (Å²) in [5.41, 5.74) is 2.44. The topological polar surface area (TPSA) is 116 Å².